The predicted octanol–water partition coefficient (Wildman–Crippen LogP) is 4.48. The van der Waals surface area contributed by atoms with Crippen LogP contribution in [0.2, 0.25) is 5.02 Å². The molecule has 0 unspecified atom stereocenters. The summed E-state index contributed by atoms with van der Waals surface area (Å²) >= 11 is 5.96. The number of benzene rings is 2. The molecule has 1 aromatic heterocycles. The topological polar surface area (TPSA) is 58.8 Å². The van der Waals surface area contributed by atoms with Gasteiger partial charge in [0.05, 0.1) is 11.3 Å². The lowest BCUT2D eigenvalue weighted by molar-refractivity contribution is 0.0628. The summed E-state index contributed by atoms with van der Waals surface area (Å²) in [6, 6.07) is 15.3. The van der Waals surface area contributed by atoms with E-state index in [2.05, 4.69) is 22.2 Å². The number of hydrogen-bond acceptors (Lipinski definition) is 5. The quantitative estimate of drug-likeness (QED) is 0.566. The molecule has 31 heavy (non-hydrogen) atoms. The molecule has 1 saturated heterocycles. The Hall–Kier alpha value is -2.83. The average molecular weight is 440 g/mol. The van der Waals surface area contributed by atoms with Crippen molar-refractivity contribution in [3.05, 3.63) is 81.7 Å². The first-order chi connectivity index (χ1) is 15.0. The highest BCUT2D eigenvalue weighted by molar-refractivity contribution is 6.30. The summed E-state index contributed by atoms with van der Waals surface area (Å²) in [5.74, 6) is 1.53. The van der Waals surface area contributed by atoms with E-state index in [9.17, 15) is 4.79 Å². The molecule has 4 rings (SSSR count). The number of carbonyl (C=O) groups excluding carboxylic acids is 1. The van der Waals surface area contributed by atoms with Crippen molar-refractivity contribution in [2.24, 2.45) is 0 Å². The number of nitrogens with zero attached hydrogens (tertiary/aromatic N) is 3. The molecule has 2 heterocycles. The fraction of sp³-hybridized carbons (Fsp3) is 0.333. The summed E-state index contributed by atoms with van der Waals surface area (Å²) in [6.07, 6.45) is 0. The predicted molar refractivity (Wildman–Crippen MR) is 119 cm³/mol. The van der Waals surface area contributed by atoms with Gasteiger partial charge in [-0.25, -0.2) is 0 Å². The van der Waals surface area contributed by atoms with E-state index in [-0.39, 0.29) is 5.91 Å². The maximum absolute atomic E-state index is 12.9. The van der Waals surface area contributed by atoms with Crippen molar-refractivity contribution in [3.8, 4) is 5.75 Å². The standard InChI is InChI=1S/C24H26ClN3O3/c1-17-23(18(2)31-26-17)16-30-22-9-5-20(6-10-22)24(29)28-13-11-27(12-14-28)15-19-3-7-21(25)8-4-19/h3-10H,11-16H2,1-2H3. The van der Waals surface area contributed by atoms with Crippen LogP contribution in [-0.2, 0) is 13.2 Å². The molecular weight excluding hydrogens is 414 g/mol. The minimum atomic E-state index is 0.0587. The molecule has 0 aliphatic carbocycles. The van der Waals surface area contributed by atoms with Gasteiger partial charge in [-0.3, -0.25) is 9.69 Å². The van der Waals surface area contributed by atoms with Crippen molar-refractivity contribution in [2.45, 2.75) is 27.0 Å². The molecule has 0 N–H and O–H groups in total. The fourth-order valence-electron chi connectivity index (χ4n) is 3.70. The molecule has 0 radical (unpaired) electrons. The summed E-state index contributed by atoms with van der Waals surface area (Å²) in [5, 5.41) is 4.69. The van der Waals surface area contributed by atoms with Crippen LogP contribution in [0.1, 0.15) is 32.9 Å². The van der Waals surface area contributed by atoms with E-state index in [0.717, 1.165) is 54.8 Å². The Kier molecular flexibility index (Phi) is 6.59. The molecule has 7 heteroatoms. The van der Waals surface area contributed by atoms with Gasteiger partial charge in [0.15, 0.2) is 0 Å². The zero-order valence-corrected chi connectivity index (χ0v) is 18.6. The molecule has 1 fully saturated rings. The minimum absolute atomic E-state index is 0.0587. The number of halogens is 1. The maximum atomic E-state index is 12.9. The van der Waals surface area contributed by atoms with E-state index in [1.54, 1.807) is 0 Å². The number of carbonyl (C=O) groups is 1. The third-order valence-corrected chi connectivity index (χ3v) is 5.90. The van der Waals surface area contributed by atoms with E-state index in [1.807, 2.05) is 55.1 Å². The summed E-state index contributed by atoms with van der Waals surface area (Å²) < 4.78 is 11.0. The molecule has 1 aliphatic rings. The zero-order chi connectivity index (χ0) is 21.8. The van der Waals surface area contributed by atoms with Gasteiger partial charge < -0.3 is 14.2 Å². The third kappa shape index (κ3) is 5.27. The van der Waals surface area contributed by atoms with Crippen LogP contribution >= 0.6 is 11.6 Å². The Bertz CT molecular complexity index is 1000. The van der Waals surface area contributed by atoms with Crippen LogP contribution in [0.5, 0.6) is 5.75 Å². The number of hydrogen-bond donors (Lipinski definition) is 0. The van der Waals surface area contributed by atoms with Gasteiger partial charge >= 0.3 is 0 Å². The van der Waals surface area contributed by atoms with Crippen LogP contribution in [0, 0.1) is 13.8 Å². The van der Waals surface area contributed by atoms with Crippen LogP contribution in [0.4, 0.5) is 0 Å². The van der Waals surface area contributed by atoms with Crippen molar-refractivity contribution < 1.29 is 14.1 Å². The first kappa shape index (κ1) is 21.4. The average Bonchev–Trinajstić information content (AvgIpc) is 3.11. The van der Waals surface area contributed by atoms with Crippen molar-refractivity contribution >= 4 is 17.5 Å². The third-order valence-electron chi connectivity index (χ3n) is 5.64. The van der Waals surface area contributed by atoms with Gasteiger partial charge in [0.2, 0.25) is 0 Å². The lowest BCUT2D eigenvalue weighted by Gasteiger charge is -2.34. The van der Waals surface area contributed by atoms with E-state index in [1.165, 1.54) is 5.56 Å². The molecule has 1 aliphatic heterocycles. The van der Waals surface area contributed by atoms with Crippen LogP contribution < -0.4 is 4.74 Å². The molecular formula is C24H26ClN3O3. The van der Waals surface area contributed by atoms with E-state index < -0.39 is 0 Å². The minimum Gasteiger partial charge on any atom is -0.489 e. The Morgan fingerprint density at radius 1 is 1.03 bits per heavy atom. The van der Waals surface area contributed by atoms with E-state index in [0.29, 0.717) is 17.9 Å². The first-order valence-corrected chi connectivity index (χ1v) is 10.8. The molecule has 3 aromatic rings. The second-order valence-electron chi connectivity index (χ2n) is 7.81. The molecule has 0 bridgehead atoms. The summed E-state index contributed by atoms with van der Waals surface area (Å²) in [6.45, 7) is 8.18. The zero-order valence-electron chi connectivity index (χ0n) is 17.8. The van der Waals surface area contributed by atoms with Gasteiger partial charge in [-0.15, -0.1) is 0 Å². The van der Waals surface area contributed by atoms with Gasteiger partial charge in [0, 0.05) is 43.3 Å². The number of amides is 1. The van der Waals surface area contributed by atoms with Crippen LogP contribution in [0.15, 0.2) is 53.1 Å². The normalized spacial score (nSPS) is 14.6. The molecule has 0 saturated carbocycles. The molecule has 0 spiro atoms. The van der Waals surface area contributed by atoms with E-state index in [4.69, 9.17) is 20.9 Å². The SMILES string of the molecule is Cc1noc(C)c1COc1ccc(C(=O)N2CCN(Cc3ccc(Cl)cc3)CC2)cc1. The van der Waals surface area contributed by atoms with Crippen molar-refractivity contribution in [1.82, 2.24) is 15.0 Å². The summed E-state index contributed by atoms with van der Waals surface area (Å²) in [5.41, 5.74) is 3.70. The molecule has 0 atom stereocenters. The molecule has 1 amide bonds. The second-order valence-corrected chi connectivity index (χ2v) is 8.25. The van der Waals surface area contributed by atoms with Gasteiger partial charge in [-0.1, -0.05) is 28.9 Å². The van der Waals surface area contributed by atoms with E-state index >= 15 is 0 Å². The van der Waals surface area contributed by atoms with Gasteiger partial charge in [0.1, 0.15) is 18.1 Å². The maximum Gasteiger partial charge on any atom is 0.253 e. The van der Waals surface area contributed by atoms with Crippen LogP contribution in [0.3, 0.4) is 0 Å². The Balaban J connectivity index is 1.28. The number of aryl methyl sites for hydroxylation is 2. The number of ether oxygens (including phenoxy) is 1. The highest BCUT2D eigenvalue weighted by Crippen LogP contribution is 2.19. The lowest BCUT2D eigenvalue weighted by atomic mass is 10.1. The van der Waals surface area contributed by atoms with Crippen molar-refractivity contribution in [1.29, 1.82) is 0 Å². The van der Waals surface area contributed by atoms with Crippen LogP contribution in [0.25, 0.3) is 0 Å². The highest BCUT2D eigenvalue weighted by atomic mass is 35.5. The Labute approximate surface area is 187 Å². The van der Waals surface area contributed by atoms with Crippen molar-refractivity contribution in [3.63, 3.8) is 0 Å². The second kappa shape index (κ2) is 9.54. The summed E-state index contributed by atoms with van der Waals surface area (Å²) in [4.78, 5) is 17.2. The number of aromatic nitrogens is 1. The Morgan fingerprint density at radius 2 is 1.71 bits per heavy atom. The fourth-order valence-corrected chi connectivity index (χ4v) is 3.82. The summed E-state index contributed by atoms with van der Waals surface area (Å²) in [7, 11) is 0. The highest BCUT2D eigenvalue weighted by Gasteiger charge is 2.22. The Morgan fingerprint density at radius 3 is 2.32 bits per heavy atom. The smallest absolute Gasteiger partial charge is 0.253 e. The van der Waals surface area contributed by atoms with Gasteiger partial charge in [0.25, 0.3) is 5.91 Å². The molecule has 162 valence electrons. The molecule has 6 nitrogen and oxygen atoms in total. The lowest BCUT2D eigenvalue weighted by Crippen LogP contribution is -2.48. The number of rotatable bonds is 6. The number of piperazine rings is 1. The van der Waals surface area contributed by atoms with Gasteiger partial charge in [-0.05, 0) is 55.8 Å². The van der Waals surface area contributed by atoms with Crippen LogP contribution in [-0.4, -0.2) is 47.0 Å². The first-order valence-electron chi connectivity index (χ1n) is 10.4. The van der Waals surface area contributed by atoms with Gasteiger partial charge in [-0.2, -0.15) is 0 Å². The molecule has 2 aromatic carbocycles. The largest absolute Gasteiger partial charge is 0.489 e. The van der Waals surface area contributed by atoms with Crippen molar-refractivity contribution in [2.75, 3.05) is 26.2 Å². The monoisotopic (exact) mass is 439 g/mol.